The van der Waals surface area contributed by atoms with Gasteiger partial charge < -0.3 is 15.2 Å². The van der Waals surface area contributed by atoms with Gasteiger partial charge in [0.25, 0.3) is 0 Å². The molecule has 1 aromatic rings. The Labute approximate surface area is 109 Å². The summed E-state index contributed by atoms with van der Waals surface area (Å²) in [6, 6.07) is 1.46. The molecule has 6 nitrogen and oxygen atoms in total. The number of hydrogen-bond acceptors (Lipinski definition) is 7. The normalized spacial score (nSPS) is 9.89. The van der Waals surface area contributed by atoms with Crippen molar-refractivity contribution in [1.29, 1.82) is 0 Å². The highest BCUT2D eigenvalue weighted by Crippen LogP contribution is 2.22. The van der Waals surface area contributed by atoms with Gasteiger partial charge in [0.05, 0.1) is 36.9 Å². The van der Waals surface area contributed by atoms with E-state index in [0.717, 1.165) is 11.8 Å². The van der Waals surface area contributed by atoms with Crippen LogP contribution < -0.4 is 5.73 Å². The minimum absolute atomic E-state index is 0.0781. The van der Waals surface area contributed by atoms with Crippen molar-refractivity contribution >= 4 is 29.4 Å². The summed E-state index contributed by atoms with van der Waals surface area (Å²) in [5, 5.41) is 0.393. The molecule has 0 saturated heterocycles. The van der Waals surface area contributed by atoms with Crippen LogP contribution in [0.25, 0.3) is 0 Å². The molecule has 0 atom stereocenters. The van der Waals surface area contributed by atoms with Crippen LogP contribution in [0, 0.1) is 0 Å². The summed E-state index contributed by atoms with van der Waals surface area (Å²) in [6.07, 6.45) is 1.42. The van der Waals surface area contributed by atoms with Crippen molar-refractivity contribution in [1.82, 2.24) is 4.98 Å². The molecule has 0 fully saturated rings. The highest BCUT2D eigenvalue weighted by molar-refractivity contribution is 8.00. The molecule has 0 aliphatic heterocycles. The number of hydrogen-bond donors (Lipinski definition) is 1. The van der Waals surface area contributed by atoms with Crippen LogP contribution in [0.1, 0.15) is 17.3 Å². The van der Waals surface area contributed by atoms with Gasteiger partial charge in [-0.25, -0.2) is 9.78 Å². The molecule has 2 N–H and O–H groups in total. The van der Waals surface area contributed by atoms with E-state index in [-0.39, 0.29) is 17.3 Å². The lowest BCUT2D eigenvalue weighted by Crippen LogP contribution is -2.09. The van der Waals surface area contributed by atoms with Crippen LogP contribution in [-0.2, 0) is 14.3 Å². The van der Waals surface area contributed by atoms with Gasteiger partial charge in [-0.3, -0.25) is 4.79 Å². The van der Waals surface area contributed by atoms with Crippen molar-refractivity contribution in [3.63, 3.8) is 0 Å². The largest absolute Gasteiger partial charge is 0.465 e. The van der Waals surface area contributed by atoms with Crippen LogP contribution in [0.5, 0.6) is 0 Å². The summed E-state index contributed by atoms with van der Waals surface area (Å²) in [4.78, 5) is 26.7. The summed E-state index contributed by atoms with van der Waals surface area (Å²) in [6.45, 7) is 2.04. The molecular weight excluding hydrogens is 256 g/mol. The summed E-state index contributed by atoms with van der Waals surface area (Å²) in [5.41, 5.74) is 6.15. The standard InChI is InChI=1S/C11H14N2O4S/c1-3-17-9(14)6-18-10-8(11(15)16-2)4-7(12)5-13-10/h4-5H,3,6,12H2,1-2H3. The van der Waals surface area contributed by atoms with Crippen molar-refractivity contribution in [3.8, 4) is 0 Å². The molecule has 1 heterocycles. The van der Waals surface area contributed by atoms with E-state index >= 15 is 0 Å². The van der Waals surface area contributed by atoms with E-state index in [1.54, 1.807) is 6.92 Å². The number of nitrogens with two attached hydrogens (primary N) is 1. The fourth-order valence-corrected chi connectivity index (χ4v) is 1.93. The number of carbonyl (C=O) groups is 2. The summed E-state index contributed by atoms with van der Waals surface area (Å²) >= 11 is 1.11. The minimum Gasteiger partial charge on any atom is -0.465 e. The maximum absolute atomic E-state index is 11.5. The molecule has 1 rings (SSSR count). The molecule has 0 spiro atoms. The third-order valence-electron chi connectivity index (χ3n) is 1.91. The molecule has 0 aliphatic rings. The van der Waals surface area contributed by atoms with Crippen molar-refractivity contribution in [2.45, 2.75) is 11.9 Å². The fraction of sp³-hybridized carbons (Fsp3) is 0.364. The predicted molar refractivity (Wildman–Crippen MR) is 67.3 cm³/mol. The van der Waals surface area contributed by atoms with E-state index in [1.165, 1.54) is 19.4 Å². The fourth-order valence-electron chi connectivity index (χ4n) is 1.17. The topological polar surface area (TPSA) is 91.5 Å². The number of rotatable bonds is 5. The number of nitrogen functional groups attached to an aromatic ring is 1. The van der Waals surface area contributed by atoms with Crippen LogP contribution in [0.3, 0.4) is 0 Å². The minimum atomic E-state index is -0.541. The van der Waals surface area contributed by atoms with Gasteiger partial charge in [0, 0.05) is 0 Å². The Bertz CT molecular complexity index is 451. The Morgan fingerprint density at radius 2 is 2.22 bits per heavy atom. The van der Waals surface area contributed by atoms with E-state index in [0.29, 0.717) is 17.3 Å². The Morgan fingerprint density at radius 3 is 2.83 bits per heavy atom. The smallest absolute Gasteiger partial charge is 0.340 e. The second-order valence-corrected chi connectivity index (χ2v) is 4.17. The van der Waals surface area contributed by atoms with Crippen LogP contribution in [0.4, 0.5) is 5.69 Å². The number of thioether (sulfide) groups is 1. The lowest BCUT2D eigenvalue weighted by molar-refractivity contribution is -0.139. The molecule has 0 saturated carbocycles. The van der Waals surface area contributed by atoms with Crippen LogP contribution in [-0.4, -0.2) is 36.4 Å². The van der Waals surface area contributed by atoms with E-state index < -0.39 is 5.97 Å². The van der Waals surface area contributed by atoms with Gasteiger partial charge in [-0.1, -0.05) is 11.8 Å². The average Bonchev–Trinajstić information content (AvgIpc) is 2.36. The first-order valence-electron chi connectivity index (χ1n) is 5.20. The van der Waals surface area contributed by atoms with E-state index in [1.807, 2.05) is 0 Å². The maximum atomic E-state index is 11.5. The summed E-state index contributed by atoms with van der Waals surface area (Å²) in [5.74, 6) is -0.826. The van der Waals surface area contributed by atoms with Gasteiger partial charge in [-0.2, -0.15) is 0 Å². The zero-order chi connectivity index (χ0) is 13.5. The highest BCUT2D eigenvalue weighted by Gasteiger charge is 2.15. The highest BCUT2D eigenvalue weighted by atomic mass is 32.2. The van der Waals surface area contributed by atoms with Crippen LogP contribution in [0.2, 0.25) is 0 Å². The molecule has 0 bridgehead atoms. The van der Waals surface area contributed by atoms with Crippen LogP contribution >= 0.6 is 11.8 Å². The first-order valence-corrected chi connectivity index (χ1v) is 6.19. The number of ether oxygens (including phenoxy) is 2. The van der Waals surface area contributed by atoms with Gasteiger partial charge in [0.15, 0.2) is 0 Å². The van der Waals surface area contributed by atoms with E-state index in [9.17, 15) is 9.59 Å². The molecule has 98 valence electrons. The second-order valence-electron chi connectivity index (χ2n) is 3.21. The van der Waals surface area contributed by atoms with E-state index in [4.69, 9.17) is 10.5 Å². The molecule has 0 aliphatic carbocycles. The Morgan fingerprint density at radius 1 is 1.50 bits per heavy atom. The number of esters is 2. The molecule has 0 unspecified atom stereocenters. The molecule has 18 heavy (non-hydrogen) atoms. The van der Waals surface area contributed by atoms with Gasteiger partial charge in [-0.15, -0.1) is 0 Å². The van der Waals surface area contributed by atoms with Gasteiger partial charge >= 0.3 is 11.9 Å². The first kappa shape index (κ1) is 14.3. The van der Waals surface area contributed by atoms with Crippen LogP contribution in [0.15, 0.2) is 17.3 Å². The third kappa shape index (κ3) is 3.92. The molecule has 0 aromatic carbocycles. The molecule has 0 amide bonds. The quantitative estimate of drug-likeness (QED) is 0.632. The van der Waals surface area contributed by atoms with Crippen molar-refractivity contribution in [3.05, 3.63) is 17.8 Å². The van der Waals surface area contributed by atoms with Crippen molar-refractivity contribution in [2.75, 3.05) is 25.2 Å². The number of methoxy groups -OCH3 is 1. The van der Waals surface area contributed by atoms with Crippen molar-refractivity contribution in [2.24, 2.45) is 0 Å². The Balaban J connectivity index is 2.81. The molecular formula is C11H14N2O4S. The number of anilines is 1. The lowest BCUT2D eigenvalue weighted by Gasteiger charge is -2.07. The summed E-state index contributed by atoms with van der Waals surface area (Å²) in [7, 11) is 1.27. The van der Waals surface area contributed by atoms with Gasteiger partial charge in [0.2, 0.25) is 0 Å². The number of carbonyl (C=O) groups excluding carboxylic acids is 2. The van der Waals surface area contributed by atoms with Crippen molar-refractivity contribution < 1.29 is 19.1 Å². The summed E-state index contributed by atoms with van der Waals surface area (Å²) < 4.78 is 9.41. The SMILES string of the molecule is CCOC(=O)CSc1ncc(N)cc1C(=O)OC. The number of aromatic nitrogens is 1. The van der Waals surface area contributed by atoms with Gasteiger partial charge in [-0.05, 0) is 13.0 Å². The monoisotopic (exact) mass is 270 g/mol. The molecule has 1 aromatic heterocycles. The average molecular weight is 270 g/mol. The third-order valence-corrected chi connectivity index (χ3v) is 2.89. The molecule has 7 heteroatoms. The Kier molecular flexibility index (Phi) is 5.44. The zero-order valence-electron chi connectivity index (χ0n) is 10.1. The molecule has 0 radical (unpaired) electrons. The number of pyridine rings is 1. The Hall–Kier alpha value is -1.76. The first-order chi connectivity index (χ1) is 8.58. The number of nitrogens with zero attached hydrogens (tertiary/aromatic N) is 1. The predicted octanol–water partition coefficient (Wildman–Crippen LogP) is 1.11. The zero-order valence-corrected chi connectivity index (χ0v) is 11.0. The maximum Gasteiger partial charge on any atom is 0.340 e. The van der Waals surface area contributed by atoms with E-state index in [2.05, 4.69) is 9.72 Å². The lowest BCUT2D eigenvalue weighted by atomic mass is 10.3. The van der Waals surface area contributed by atoms with Gasteiger partial charge in [0.1, 0.15) is 5.03 Å². The second kappa shape index (κ2) is 6.85.